The van der Waals surface area contributed by atoms with Crippen molar-refractivity contribution in [2.24, 2.45) is 4.99 Å². The molecule has 1 fully saturated rings. The molecule has 2 N–H and O–H groups in total. The third-order valence-corrected chi connectivity index (χ3v) is 5.52. The fraction of sp³-hybridized carbons (Fsp3) is 0.522. The summed E-state index contributed by atoms with van der Waals surface area (Å²) in [6.45, 7) is 14.4. The molecule has 2 aromatic rings. The second kappa shape index (κ2) is 10.9. The second-order valence-corrected chi connectivity index (χ2v) is 7.94. The minimum absolute atomic E-state index is 0.167. The summed E-state index contributed by atoms with van der Waals surface area (Å²) in [6, 6.07) is 10.4. The molecule has 0 atom stereocenters. The van der Waals surface area contributed by atoms with E-state index in [9.17, 15) is 4.79 Å². The van der Waals surface area contributed by atoms with E-state index in [0.717, 1.165) is 74.4 Å². The van der Waals surface area contributed by atoms with Crippen LogP contribution in [-0.4, -0.2) is 77.3 Å². The number of aromatic nitrogens is 2. The number of aryl methyl sites for hydroxylation is 2. The number of piperazine rings is 1. The van der Waals surface area contributed by atoms with Gasteiger partial charge in [0.15, 0.2) is 5.96 Å². The average Bonchev–Trinajstić information content (AvgIpc) is 3.10. The van der Waals surface area contributed by atoms with E-state index in [1.54, 1.807) is 6.92 Å². The monoisotopic (exact) mass is 425 g/mol. The minimum Gasteiger partial charge on any atom is -0.357 e. The minimum atomic E-state index is 0.167. The third-order valence-electron chi connectivity index (χ3n) is 5.52. The van der Waals surface area contributed by atoms with Crippen LogP contribution >= 0.6 is 0 Å². The van der Waals surface area contributed by atoms with E-state index >= 15 is 0 Å². The van der Waals surface area contributed by atoms with Crippen LogP contribution in [-0.2, 0) is 11.3 Å². The van der Waals surface area contributed by atoms with Crippen LogP contribution in [0.4, 0.5) is 0 Å². The van der Waals surface area contributed by atoms with Crippen LogP contribution in [0.15, 0.2) is 35.3 Å². The van der Waals surface area contributed by atoms with Crippen LogP contribution < -0.4 is 10.6 Å². The van der Waals surface area contributed by atoms with Crippen LogP contribution in [0, 0.1) is 13.8 Å². The molecule has 8 heteroatoms. The number of guanidine groups is 1. The molecular weight excluding hydrogens is 390 g/mol. The summed E-state index contributed by atoms with van der Waals surface area (Å²) < 4.78 is 1.99. The summed E-state index contributed by atoms with van der Waals surface area (Å²) in [5, 5.41) is 11.4. The van der Waals surface area contributed by atoms with E-state index in [0.29, 0.717) is 6.54 Å². The maximum atomic E-state index is 11.5. The summed E-state index contributed by atoms with van der Waals surface area (Å²) in [5.41, 5.74) is 4.32. The molecule has 2 heterocycles. The standard InChI is InChI=1S/C23H35N7O/c1-5-24-23(25-10-11-28-12-14-29(15-13-28)20(4)31)26-17-21-8-6-7-9-22(21)30-19(3)16-18(2)27-30/h6-9,16H,5,10-15,17H2,1-4H3,(H2,24,25,26). The largest absolute Gasteiger partial charge is 0.357 e. The molecule has 31 heavy (non-hydrogen) atoms. The van der Waals surface area contributed by atoms with Gasteiger partial charge in [0.05, 0.1) is 17.9 Å². The number of nitrogens with zero attached hydrogens (tertiary/aromatic N) is 5. The Labute approximate surface area is 185 Å². The normalized spacial score (nSPS) is 15.2. The van der Waals surface area contributed by atoms with Crippen molar-refractivity contribution in [3.05, 3.63) is 47.3 Å². The lowest BCUT2D eigenvalue weighted by Crippen LogP contribution is -2.50. The molecule has 0 saturated carbocycles. The maximum absolute atomic E-state index is 11.5. The summed E-state index contributed by atoms with van der Waals surface area (Å²) in [7, 11) is 0. The lowest BCUT2D eigenvalue weighted by Gasteiger charge is -2.34. The van der Waals surface area contributed by atoms with Gasteiger partial charge in [0.2, 0.25) is 5.91 Å². The molecule has 0 spiro atoms. The molecule has 1 aliphatic rings. The van der Waals surface area contributed by atoms with E-state index in [1.165, 1.54) is 0 Å². The number of aliphatic imine (C=N–C) groups is 1. The first-order valence-electron chi connectivity index (χ1n) is 11.1. The van der Waals surface area contributed by atoms with Gasteiger partial charge in [-0.3, -0.25) is 9.69 Å². The SMILES string of the molecule is CCNC(=NCc1ccccc1-n1nc(C)cc1C)NCCN1CCN(C(C)=O)CC1. The van der Waals surface area contributed by atoms with E-state index < -0.39 is 0 Å². The highest BCUT2D eigenvalue weighted by atomic mass is 16.2. The van der Waals surface area contributed by atoms with Crippen LogP contribution in [0.1, 0.15) is 30.8 Å². The Hall–Kier alpha value is -2.87. The summed E-state index contributed by atoms with van der Waals surface area (Å²) >= 11 is 0. The van der Waals surface area contributed by atoms with Gasteiger partial charge in [-0.15, -0.1) is 0 Å². The number of benzene rings is 1. The molecule has 3 rings (SSSR count). The van der Waals surface area contributed by atoms with Crippen molar-refractivity contribution in [1.29, 1.82) is 0 Å². The Balaban J connectivity index is 1.58. The van der Waals surface area contributed by atoms with Crippen LogP contribution in [0.2, 0.25) is 0 Å². The molecule has 168 valence electrons. The number of rotatable bonds is 7. The van der Waals surface area contributed by atoms with Crippen LogP contribution in [0.5, 0.6) is 0 Å². The van der Waals surface area contributed by atoms with Crippen molar-refractivity contribution in [3.63, 3.8) is 0 Å². The van der Waals surface area contributed by atoms with E-state index in [1.807, 2.05) is 28.6 Å². The molecular formula is C23H35N7O. The van der Waals surface area contributed by atoms with Gasteiger partial charge < -0.3 is 15.5 Å². The summed E-state index contributed by atoms with van der Waals surface area (Å²) in [6.07, 6.45) is 0. The number of nitrogens with one attached hydrogen (secondary N) is 2. The number of carbonyl (C=O) groups is 1. The number of carbonyl (C=O) groups excluding carboxylic acids is 1. The molecule has 1 aromatic heterocycles. The molecule has 1 amide bonds. The Bertz CT molecular complexity index is 897. The highest BCUT2D eigenvalue weighted by molar-refractivity contribution is 5.79. The van der Waals surface area contributed by atoms with E-state index in [4.69, 9.17) is 4.99 Å². The molecule has 0 radical (unpaired) electrons. The first-order chi connectivity index (χ1) is 15.0. The number of hydrogen-bond donors (Lipinski definition) is 2. The molecule has 1 aliphatic heterocycles. The van der Waals surface area contributed by atoms with Crippen LogP contribution in [0.25, 0.3) is 5.69 Å². The first kappa shape index (κ1) is 22.8. The molecule has 0 bridgehead atoms. The van der Waals surface area contributed by atoms with Crippen molar-refractivity contribution >= 4 is 11.9 Å². The van der Waals surface area contributed by atoms with Gasteiger partial charge >= 0.3 is 0 Å². The summed E-state index contributed by atoms with van der Waals surface area (Å²) in [4.78, 5) is 20.6. The second-order valence-electron chi connectivity index (χ2n) is 7.94. The Morgan fingerprint density at radius 1 is 1.13 bits per heavy atom. The molecule has 8 nitrogen and oxygen atoms in total. The number of para-hydroxylation sites is 1. The molecule has 1 aromatic carbocycles. The van der Waals surface area contributed by atoms with Gasteiger partial charge in [0.25, 0.3) is 0 Å². The zero-order valence-corrected chi connectivity index (χ0v) is 19.2. The van der Waals surface area contributed by atoms with Gasteiger partial charge in [-0.1, -0.05) is 18.2 Å². The van der Waals surface area contributed by atoms with Crippen LogP contribution in [0.3, 0.4) is 0 Å². The average molecular weight is 426 g/mol. The van der Waals surface area contributed by atoms with Gasteiger partial charge in [0.1, 0.15) is 0 Å². The molecule has 0 aliphatic carbocycles. The fourth-order valence-corrected chi connectivity index (χ4v) is 3.85. The van der Waals surface area contributed by atoms with Crippen molar-refractivity contribution in [1.82, 2.24) is 30.2 Å². The Morgan fingerprint density at radius 2 is 1.87 bits per heavy atom. The van der Waals surface area contributed by atoms with Gasteiger partial charge in [-0.25, -0.2) is 9.67 Å². The Kier molecular flexibility index (Phi) is 8.06. The smallest absolute Gasteiger partial charge is 0.219 e. The van der Waals surface area contributed by atoms with Crippen molar-refractivity contribution < 1.29 is 4.79 Å². The highest BCUT2D eigenvalue weighted by Crippen LogP contribution is 2.17. The van der Waals surface area contributed by atoms with Crippen molar-refractivity contribution in [2.45, 2.75) is 34.2 Å². The van der Waals surface area contributed by atoms with Gasteiger partial charge in [-0.2, -0.15) is 5.10 Å². The predicted molar refractivity (Wildman–Crippen MR) is 125 cm³/mol. The lowest BCUT2D eigenvalue weighted by atomic mass is 10.2. The lowest BCUT2D eigenvalue weighted by molar-refractivity contribution is -0.130. The van der Waals surface area contributed by atoms with Gasteiger partial charge in [-0.05, 0) is 38.5 Å². The Morgan fingerprint density at radius 3 is 2.52 bits per heavy atom. The highest BCUT2D eigenvalue weighted by Gasteiger charge is 2.18. The zero-order chi connectivity index (χ0) is 22.2. The van der Waals surface area contributed by atoms with Crippen molar-refractivity contribution in [3.8, 4) is 5.69 Å². The summed E-state index contributed by atoms with van der Waals surface area (Å²) in [5.74, 6) is 0.980. The van der Waals surface area contributed by atoms with E-state index in [-0.39, 0.29) is 5.91 Å². The molecule has 1 saturated heterocycles. The van der Waals surface area contributed by atoms with E-state index in [2.05, 4.69) is 52.7 Å². The molecule has 0 unspecified atom stereocenters. The predicted octanol–water partition coefficient (Wildman–Crippen LogP) is 1.71. The first-order valence-corrected chi connectivity index (χ1v) is 11.1. The van der Waals surface area contributed by atoms with Gasteiger partial charge in [0, 0.05) is 58.4 Å². The third kappa shape index (κ3) is 6.30. The quantitative estimate of drug-likeness (QED) is 0.522. The number of hydrogen-bond acceptors (Lipinski definition) is 4. The van der Waals surface area contributed by atoms with Crippen molar-refractivity contribution in [2.75, 3.05) is 45.8 Å². The number of amides is 1. The fourth-order valence-electron chi connectivity index (χ4n) is 3.85. The maximum Gasteiger partial charge on any atom is 0.219 e. The topological polar surface area (TPSA) is 77.8 Å². The zero-order valence-electron chi connectivity index (χ0n) is 19.2.